The van der Waals surface area contributed by atoms with Crippen molar-refractivity contribution >= 4 is 11.3 Å². The molecule has 2 aliphatic rings. The van der Waals surface area contributed by atoms with Crippen LogP contribution in [0.25, 0.3) is 0 Å². The molecule has 1 N–H and O–H groups in total. The summed E-state index contributed by atoms with van der Waals surface area (Å²) in [7, 11) is 0. The van der Waals surface area contributed by atoms with Crippen LogP contribution in [0.1, 0.15) is 42.5 Å². The fourth-order valence-electron chi connectivity index (χ4n) is 3.63. The molecule has 1 saturated heterocycles. The molecule has 2 heterocycles. The lowest BCUT2D eigenvalue weighted by Gasteiger charge is -2.37. The fraction of sp³-hybridized carbons (Fsp3) is 0.714. The summed E-state index contributed by atoms with van der Waals surface area (Å²) >= 11 is 1.83. The molecule has 1 spiro atoms. The predicted molar refractivity (Wildman–Crippen MR) is 71.3 cm³/mol. The first-order valence-electron chi connectivity index (χ1n) is 6.68. The summed E-state index contributed by atoms with van der Waals surface area (Å²) < 4.78 is 0. The summed E-state index contributed by atoms with van der Waals surface area (Å²) in [5.74, 6) is 0. The highest BCUT2D eigenvalue weighted by Gasteiger charge is 2.49. The number of hydrogen-bond donors (Lipinski definition) is 1. The highest BCUT2D eigenvalue weighted by molar-refractivity contribution is 7.10. The summed E-state index contributed by atoms with van der Waals surface area (Å²) in [5, 5.41) is 12.5. The predicted octanol–water partition coefficient (Wildman–Crippen LogP) is 2.94. The normalized spacial score (nSPS) is 28.2. The maximum absolute atomic E-state index is 10.3. The zero-order valence-electron chi connectivity index (χ0n) is 10.5. The molecule has 3 rings (SSSR count). The highest BCUT2D eigenvalue weighted by Crippen LogP contribution is 2.44. The van der Waals surface area contributed by atoms with Gasteiger partial charge in [-0.25, -0.2) is 0 Å². The largest absolute Gasteiger partial charge is 0.391 e. The van der Waals surface area contributed by atoms with Crippen molar-refractivity contribution in [2.45, 2.75) is 57.2 Å². The SMILES string of the molecule is Cc1sccc1CN1CC[C@H](O)C12CCCC2. The van der Waals surface area contributed by atoms with Crippen molar-refractivity contribution in [3.8, 4) is 0 Å². The van der Waals surface area contributed by atoms with E-state index in [0.29, 0.717) is 0 Å². The van der Waals surface area contributed by atoms with Gasteiger partial charge in [-0.05, 0) is 43.2 Å². The second kappa shape index (κ2) is 4.38. The van der Waals surface area contributed by atoms with Crippen molar-refractivity contribution in [3.63, 3.8) is 0 Å². The number of aryl methyl sites for hydroxylation is 1. The third-order valence-electron chi connectivity index (χ3n) is 4.72. The molecular weight excluding hydrogens is 230 g/mol. The lowest BCUT2D eigenvalue weighted by Crippen LogP contribution is -2.47. The molecule has 0 amide bonds. The maximum Gasteiger partial charge on any atom is 0.0736 e. The van der Waals surface area contributed by atoms with E-state index in [-0.39, 0.29) is 11.6 Å². The van der Waals surface area contributed by atoms with E-state index in [2.05, 4.69) is 23.3 Å². The van der Waals surface area contributed by atoms with E-state index in [1.807, 2.05) is 11.3 Å². The first-order chi connectivity index (χ1) is 8.22. The van der Waals surface area contributed by atoms with Crippen molar-refractivity contribution in [2.75, 3.05) is 6.54 Å². The Hall–Kier alpha value is -0.380. The van der Waals surface area contributed by atoms with E-state index in [0.717, 1.165) is 19.5 Å². The lowest BCUT2D eigenvalue weighted by molar-refractivity contribution is 0.0277. The fourth-order valence-corrected chi connectivity index (χ4v) is 4.35. The Bertz CT molecular complexity index is 395. The van der Waals surface area contributed by atoms with Gasteiger partial charge in [0, 0.05) is 23.5 Å². The highest BCUT2D eigenvalue weighted by atomic mass is 32.1. The van der Waals surface area contributed by atoms with Crippen LogP contribution in [0.15, 0.2) is 11.4 Å². The molecule has 1 aromatic rings. The zero-order valence-corrected chi connectivity index (χ0v) is 11.3. The Balaban J connectivity index is 1.81. The number of aliphatic hydroxyl groups excluding tert-OH is 1. The average Bonchev–Trinajstić information content (AvgIpc) is 2.99. The van der Waals surface area contributed by atoms with Gasteiger partial charge in [-0.15, -0.1) is 11.3 Å². The number of aliphatic hydroxyl groups is 1. The van der Waals surface area contributed by atoms with E-state index in [1.165, 1.54) is 36.1 Å². The minimum absolute atomic E-state index is 0.0936. The number of thiophene rings is 1. The van der Waals surface area contributed by atoms with Crippen LogP contribution in [-0.2, 0) is 6.54 Å². The number of rotatable bonds is 2. The van der Waals surface area contributed by atoms with E-state index in [1.54, 1.807) is 0 Å². The summed E-state index contributed by atoms with van der Waals surface area (Å²) in [6.45, 7) is 4.30. The van der Waals surface area contributed by atoms with Gasteiger partial charge in [0.25, 0.3) is 0 Å². The number of nitrogens with zero attached hydrogens (tertiary/aromatic N) is 1. The molecule has 1 aromatic heterocycles. The maximum atomic E-state index is 10.3. The van der Waals surface area contributed by atoms with Gasteiger partial charge in [-0.2, -0.15) is 0 Å². The van der Waals surface area contributed by atoms with Crippen LogP contribution in [0.2, 0.25) is 0 Å². The molecule has 1 atom stereocenters. The van der Waals surface area contributed by atoms with Crippen molar-refractivity contribution in [3.05, 3.63) is 21.9 Å². The Morgan fingerprint density at radius 2 is 2.24 bits per heavy atom. The van der Waals surface area contributed by atoms with Crippen LogP contribution >= 0.6 is 11.3 Å². The van der Waals surface area contributed by atoms with Crippen molar-refractivity contribution in [1.82, 2.24) is 4.90 Å². The van der Waals surface area contributed by atoms with Crippen LogP contribution < -0.4 is 0 Å². The quantitative estimate of drug-likeness (QED) is 0.873. The first kappa shape index (κ1) is 11.7. The van der Waals surface area contributed by atoms with Crippen LogP contribution in [-0.4, -0.2) is 28.2 Å². The molecule has 2 fully saturated rings. The van der Waals surface area contributed by atoms with Gasteiger partial charge in [0.2, 0.25) is 0 Å². The van der Waals surface area contributed by atoms with Gasteiger partial charge >= 0.3 is 0 Å². The Morgan fingerprint density at radius 3 is 2.88 bits per heavy atom. The zero-order chi connectivity index (χ0) is 11.9. The Kier molecular flexibility index (Phi) is 3.01. The molecule has 0 radical (unpaired) electrons. The van der Waals surface area contributed by atoms with E-state index < -0.39 is 0 Å². The minimum Gasteiger partial charge on any atom is -0.391 e. The smallest absolute Gasteiger partial charge is 0.0736 e. The van der Waals surface area contributed by atoms with Crippen LogP contribution in [0.5, 0.6) is 0 Å². The molecule has 17 heavy (non-hydrogen) atoms. The molecule has 3 heteroatoms. The standard InChI is InChI=1S/C14H21NOS/c1-11-12(5-9-17-11)10-15-8-4-13(16)14(15)6-2-3-7-14/h5,9,13,16H,2-4,6-8,10H2,1H3/t13-/m0/s1. The van der Waals surface area contributed by atoms with Crippen molar-refractivity contribution < 1.29 is 5.11 Å². The molecule has 0 aromatic carbocycles. The topological polar surface area (TPSA) is 23.5 Å². The van der Waals surface area contributed by atoms with Gasteiger partial charge in [-0.3, -0.25) is 4.90 Å². The second-order valence-electron chi connectivity index (χ2n) is 5.54. The lowest BCUT2D eigenvalue weighted by atomic mass is 9.91. The van der Waals surface area contributed by atoms with Crippen molar-refractivity contribution in [2.24, 2.45) is 0 Å². The third kappa shape index (κ3) is 1.85. The van der Waals surface area contributed by atoms with Gasteiger partial charge < -0.3 is 5.11 Å². The Morgan fingerprint density at radius 1 is 1.47 bits per heavy atom. The molecule has 1 aliphatic carbocycles. The average molecular weight is 251 g/mol. The molecule has 1 saturated carbocycles. The van der Waals surface area contributed by atoms with Gasteiger partial charge in [-0.1, -0.05) is 12.8 Å². The molecule has 0 bridgehead atoms. The van der Waals surface area contributed by atoms with E-state index in [9.17, 15) is 5.11 Å². The van der Waals surface area contributed by atoms with E-state index >= 15 is 0 Å². The van der Waals surface area contributed by atoms with Crippen LogP contribution in [0.4, 0.5) is 0 Å². The molecular formula is C14H21NOS. The summed E-state index contributed by atoms with van der Waals surface area (Å²) in [5.41, 5.74) is 1.57. The third-order valence-corrected chi connectivity index (χ3v) is 5.61. The second-order valence-corrected chi connectivity index (χ2v) is 6.66. The Labute approximate surface area is 107 Å². The number of hydrogen-bond acceptors (Lipinski definition) is 3. The number of likely N-dealkylation sites (tertiary alicyclic amines) is 1. The summed E-state index contributed by atoms with van der Waals surface area (Å²) in [4.78, 5) is 3.99. The molecule has 1 aliphatic heterocycles. The minimum atomic E-state index is -0.0936. The monoisotopic (exact) mass is 251 g/mol. The van der Waals surface area contributed by atoms with Crippen LogP contribution in [0.3, 0.4) is 0 Å². The van der Waals surface area contributed by atoms with Gasteiger partial charge in [0.15, 0.2) is 0 Å². The summed E-state index contributed by atoms with van der Waals surface area (Å²) in [6.07, 6.45) is 5.83. The van der Waals surface area contributed by atoms with E-state index in [4.69, 9.17) is 0 Å². The molecule has 0 unspecified atom stereocenters. The van der Waals surface area contributed by atoms with Crippen LogP contribution in [0, 0.1) is 6.92 Å². The summed E-state index contributed by atoms with van der Waals surface area (Å²) in [6, 6.07) is 2.24. The van der Waals surface area contributed by atoms with Gasteiger partial charge in [0.1, 0.15) is 0 Å². The van der Waals surface area contributed by atoms with Gasteiger partial charge in [0.05, 0.1) is 6.10 Å². The molecule has 94 valence electrons. The first-order valence-corrected chi connectivity index (χ1v) is 7.56. The van der Waals surface area contributed by atoms with Crippen molar-refractivity contribution in [1.29, 1.82) is 0 Å². The molecule has 2 nitrogen and oxygen atoms in total.